The highest BCUT2D eigenvalue weighted by atomic mass is 16.6. The summed E-state index contributed by atoms with van der Waals surface area (Å²) in [7, 11) is 0. The van der Waals surface area contributed by atoms with Gasteiger partial charge >= 0.3 is 11.9 Å². The van der Waals surface area contributed by atoms with Crippen LogP contribution in [0.1, 0.15) is 40.5 Å². The summed E-state index contributed by atoms with van der Waals surface area (Å²) in [6, 6.07) is 0. The number of hydrogen-bond acceptors (Lipinski definition) is 5. The molecule has 1 heterocycles. The van der Waals surface area contributed by atoms with Crippen molar-refractivity contribution in [3.8, 4) is 0 Å². The van der Waals surface area contributed by atoms with Crippen molar-refractivity contribution in [2.45, 2.75) is 58.8 Å². The lowest BCUT2D eigenvalue weighted by Crippen LogP contribution is -2.60. The summed E-state index contributed by atoms with van der Waals surface area (Å²) >= 11 is 0. The molecule has 1 N–H and O–H groups in total. The zero-order chi connectivity index (χ0) is 18.5. The van der Waals surface area contributed by atoms with Crippen LogP contribution in [0.3, 0.4) is 0 Å². The van der Waals surface area contributed by atoms with Gasteiger partial charge in [0.15, 0.2) is 0 Å². The molecule has 0 aromatic rings. The van der Waals surface area contributed by atoms with Gasteiger partial charge in [-0.1, -0.05) is 31.2 Å². The second kappa shape index (κ2) is 6.13. The first kappa shape index (κ1) is 17.9. The summed E-state index contributed by atoms with van der Waals surface area (Å²) < 4.78 is 11.4. The van der Waals surface area contributed by atoms with E-state index in [-0.39, 0.29) is 29.9 Å². The summed E-state index contributed by atoms with van der Waals surface area (Å²) in [4.78, 5) is 24.3. The van der Waals surface area contributed by atoms with Crippen LogP contribution in [0.25, 0.3) is 0 Å². The number of allylic oxidation sites excluding steroid dienone is 1. The van der Waals surface area contributed by atoms with E-state index in [9.17, 15) is 14.7 Å². The van der Waals surface area contributed by atoms with Crippen LogP contribution >= 0.6 is 0 Å². The lowest BCUT2D eigenvalue weighted by atomic mass is 9.54. The molecule has 2 aliphatic carbocycles. The van der Waals surface area contributed by atoms with Crippen molar-refractivity contribution in [2.75, 3.05) is 0 Å². The molecule has 136 valence electrons. The van der Waals surface area contributed by atoms with E-state index in [2.05, 4.69) is 6.58 Å². The van der Waals surface area contributed by atoms with Crippen molar-refractivity contribution in [1.82, 2.24) is 0 Å². The molecule has 0 amide bonds. The van der Waals surface area contributed by atoms with Crippen LogP contribution in [-0.4, -0.2) is 35.4 Å². The Morgan fingerprint density at radius 3 is 2.84 bits per heavy atom. The third kappa shape index (κ3) is 2.56. The maximum atomic E-state index is 12.3. The molecule has 0 aromatic heterocycles. The second-order valence-corrected chi connectivity index (χ2v) is 7.65. The van der Waals surface area contributed by atoms with E-state index in [4.69, 9.17) is 9.47 Å². The maximum Gasteiger partial charge on any atom is 0.334 e. The summed E-state index contributed by atoms with van der Waals surface area (Å²) in [5, 5.41) is 11.0. The van der Waals surface area contributed by atoms with Gasteiger partial charge in [0.05, 0.1) is 6.10 Å². The average molecular weight is 346 g/mol. The van der Waals surface area contributed by atoms with Crippen molar-refractivity contribution in [3.05, 3.63) is 35.5 Å². The fourth-order valence-electron chi connectivity index (χ4n) is 4.62. The van der Waals surface area contributed by atoms with Crippen molar-refractivity contribution in [3.63, 3.8) is 0 Å². The normalized spacial score (nSPS) is 40.8. The molecule has 2 fully saturated rings. The number of ether oxygens (including phenoxy) is 2. The molecule has 0 aromatic carbocycles. The van der Waals surface area contributed by atoms with Gasteiger partial charge in [0.1, 0.15) is 12.2 Å². The second-order valence-electron chi connectivity index (χ2n) is 7.65. The van der Waals surface area contributed by atoms with Gasteiger partial charge in [-0.05, 0) is 27.2 Å². The number of carbonyl (C=O) groups excluding carboxylic acids is 2. The van der Waals surface area contributed by atoms with Gasteiger partial charge in [0, 0.05) is 34.8 Å². The van der Waals surface area contributed by atoms with Gasteiger partial charge in [-0.3, -0.25) is 0 Å². The highest BCUT2D eigenvalue weighted by molar-refractivity contribution is 5.91. The van der Waals surface area contributed by atoms with E-state index in [0.717, 1.165) is 5.57 Å². The number of esters is 2. The largest absolute Gasteiger partial charge is 0.458 e. The van der Waals surface area contributed by atoms with Gasteiger partial charge < -0.3 is 14.6 Å². The fraction of sp³-hybridized carbons (Fsp3) is 0.600. The molecule has 5 heteroatoms. The molecule has 0 unspecified atom stereocenters. The van der Waals surface area contributed by atoms with E-state index < -0.39 is 17.6 Å². The Balaban J connectivity index is 1.98. The van der Waals surface area contributed by atoms with Crippen molar-refractivity contribution >= 4 is 11.9 Å². The molecule has 1 saturated carbocycles. The predicted octanol–water partition coefficient (Wildman–Crippen LogP) is 2.70. The first-order valence-electron chi connectivity index (χ1n) is 8.80. The summed E-state index contributed by atoms with van der Waals surface area (Å²) in [5.74, 6) is -1.14. The minimum Gasteiger partial charge on any atom is -0.458 e. The molecule has 6 atom stereocenters. The minimum absolute atomic E-state index is 0.185. The van der Waals surface area contributed by atoms with Crippen molar-refractivity contribution in [1.29, 1.82) is 0 Å². The number of carbonyl (C=O) groups is 2. The molecular weight excluding hydrogens is 320 g/mol. The number of aliphatic hydroxyl groups is 1. The van der Waals surface area contributed by atoms with E-state index in [1.807, 2.05) is 19.9 Å². The van der Waals surface area contributed by atoms with E-state index in [0.29, 0.717) is 24.0 Å². The molecular formula is C20H26O5. The van der Waals surface area contributed by atoms with Gasteiger partial charge in [-0.2, -0.15) is 0 Å². The van der Waals surface area contributed by atoms with Crippen LogP contribution in [0.5, 0.6) is 0 Å². The highest BCUT2D eigenvalue weighted by Crippen LogP contribution is 2.57. The van der Waals surface area contributed by atoms with Crippen molar-refractivity contribution < 1.29 is 24.2 Å². The SMILES string of the molecule is C=C1C(=O)O[C@@H]2[C@H]3C(C)=CC[C@@H](OC(=O)C(C)=CC)[C@]3(C)[C@H](O)C[C@@H]12. The Bertz CT molecular complexity index is 688. The Hall–Kier alpha value is -1.88. The molecule has 3 rings (SSSR count). The zero-order valence-corrected chi connectivity index (χ0v) is 15.2. The smallest absolute Gasteiger partial charge is 0.334 e. The van der Waals surface area contributed by atoms with Crippen LogP contribution in [0.4, 0.5) is 0 Å². The quantitative estimate of drug-likeness (QED) is 0.473. The van der Waals surface area contributed by atoms with E-state index in [1.54, 1.807) is 19.9 Å². The zero-order valence-electron chi connectivity index (χ0n) is 15.2. The molecule has 0 bridgehead atoms. The molecule has 3 aliphatic rings. The van der Waals surface area contributed by atoms with Crippen LogP contribution < -0.4 is 0 Å². The number of hydrogen-bond donors (Lipinski definition) is 1. The van der Waals surface area contributed by atoms with Gasteiger partial charge in [-0.25, -0.2) is 9.59 Å². The van der Waals surface area contributed by atoms with Crippen LogP contribution in [0.15, 0.2) is 35.5 Å². The molecule has 25 heavy (non-hydrogen) atoms. The molecule has 0 spiro atoms. The third-order valence-corrected chi connectivity index (χ3v) is 6.39. The number of rotatable bonds is 2. The molecule has 1 aliphatic heterocycles. The number of fused-ring (bicyclic) bond motifs is 3. The van der Waals surface area contributed by atoms with Gasteiger partial charge in [0.2, 0.25) is 0 Å². The van der Waals surface area contributed by atoms with Crippen LogP contribution in [0, 0.1) is 17.3 Å². The predicted molar refractivity (Wildman–Crippen MR) is 92.4 cm³/mol. The lowest BCUT2D eigenvalue weighted by molar-refractivity contribution is -0.187. The minimum atomic E-state index is -0.711. The first-order chi connectivity index (χ1) is 11.7. The molecule has 0 radical (unpaired) electrons. The van der Waals surface area contributed by atoms with Crippen molar-refractivity contribution in [2.24, 2.45) is 17.3 Å². The Morgan fingerprint density at radius 1 is 1.52 bits per heavy atom. The summed E-state index contributed by atoms with van der Waals surface area (Å²) in [6.45, 7) is 11.3. The van der Waals surface area contributed by atoms with E-state index >= 15 is 0 Å². The Morgan fingerprint density at radius 2 is 2.20 bits per heavy atom. The summed E-state index contributed by atoms with van der Waals surface area (Å²) in [5.41, 5.74) is 1.33. The highest BCUT2D eigenvalue weighted by Gasteiger charge is 2.62. The third-order valence-electron chi connectivity index (χ3n) is 6.39. The number of aliphatic hydroxyl groups excluding tert-OH is 1. The van der Waals surface area contributed by atoms with Crippen LogP contribution in [0.2, 0.25) is 0 Å². The topological polar surface area (TPSA) is 72.8 Å². The average Bonchev–Trinajstić information content (AvgIpc) is 2.84. The van der Waals surface area contributed by atoms with Crippen LogP contribution in [-0.2, 0) is 19.1 Å². The van der Waals surface area contributed by atoms with Gasteiger partial charge in [0.25, 0.3) is 0 Å². The Labute approximate surface area is 148 Å². The standard InChI is InChI=1S/C20H26O5/c1-6-10(2)18(22)24-15-8-7-11(3)16-17-13(12(4)19(23)25-17)9-14(21)20(15,16)5/h6-7,13-17,21H,4,8-9H2,1-3,5H3/t13-,14+,15+,16+,17-,20-/m0/s1. The molecule has 5 nitrogen and oxygen atoms in total. The Kier molecular flexibility index (Phi) is 4.40. The van der Waals surface area contributed by atoms with E-state index in [1.165, 1.54) is 0 Å². The fourth-order valence-corrected chi connectivity index (χ4v) is 4.62. The first-order valence-corrected chi connectivity index (χ1v) is 8.80. The molecule has 1 saturated heterocycles. The lowest BCUT2D eigenvalue weighted by Gasteiger charge is -2.54. The monoisotopic (exact) mass is 346 g/mol. The summed E-state index contributed by atoms with van der Waals surface area (Å²) in [6.07, 6.45) is 3.15. The van der Waals surface area contributed by atoms with Gasteiger partial charge in [-0.15, -0.1) is 0 Å². The maximum absolute atomic E-state index is 12.3.